The van der Waals surface area contributed by atoms with Crippen LogP contribution in [0.1, 0.15) is 24.5 Å². The van der Waals surface area contributed by atoms with Crippen LogP contribution in [-0.2, 0) is 17.9 Å². The number of nitrogens with one attached hydrogen (secondary N) is 1. The molecule has 146 valence electrons. The highest BCUT2D eigenvalue weighted by Crippen LogP contribution is 2.21. The van der Waals surface area contributed by atoms with Crippen LogP contribution in [0.15, 0.2) is 29.3 Å². The summed E-state index contributed by atoms with van der Waals surface area (Å²) in [6.07, 6.45) is -3.14. The minimum atomic E-state index is -4.29. The van der Waals surface area contributed by atoms with Crippen molar-refractivity contribution in [1.82, 2.24) is 10.2 Å². The van der Waals surface area contributed by atoms with Crippen LogP contribution in [-0.4, -0.2) is 54.8 Å². The first-order chi connectivity index (χ1) is 12.4. The molecule has 0 bridgehead atoms. The van der Waals surface area contributed by atoms with Gasteiger partial charge in [0.25, 0.3) is 0 Å². The molecule has 1 aromatic rings. The van der Waals surface area contributed by atoms with E-state index in [4.69, 9.17) is 0 Å². The number of hydrogen-bond donors (Lipinski definition) is 1. The third-order valence-electron chi connectivity index (χ3n) is 4.11. The minimum absolute atomic E-state index is 0.0429. The Balaban J connectivity index is 1.80. The number of rotatable bonds is 6. The van der Waals surface area contributed by atoms with Crippen LogP contribution in [0, 0.1) is 0 Å². The molecule has 1 aliphatic heterocycles. The third kappa shape index (κ3) is 7.07. The standard InChI is InChI=1S/C18H26F3N3OS/c1-3-16-11-24(8-9-26-16)17(22-2)23-10-14-4-6-15(7-5-14)12-25-13-18(19,20)21/h4-7,16H,3,8-13H2,1-2H3,(H,22,23). The van der Waals surface area contributed by atoms with Gasteiger partial charge in [-0.1, -0.05) is 31.2 Å². The van der Waals surface area contributed by atoms with E-state index in [0.717, 1.165) is 42.3 Å². The largest absolute Gasteiger partial charge is 0.411 e. The first-order valence-corrected chi connectivity index (χ1v) is 9.75. The van der Waals surface area contributed by atoms with Gasteiger partial charge in [0.1, 0.15) is 6.61 Å². The molecular formula is C18H26F3N3OS. The van der Waals surface area contributed by atoms with E-state index in [1.54, 1.807) is 19.2 Å². The Kier molecular flexibility index (Phi) is 8.09. The van der Waals surface area contributed by atoms with Crippen molar-refractivity contribution in [3.8, 4) is 0 Å². The van der Waals surface area contributed by atoms with E-state index >= 15 is 0 Å². The Morgan fingerprint density at radius 3 is 2.62 bits per heavy atom. The van der Waals surface area contributed by atoms with Gasteiger partial charge in [0.05, 0.1) is 6.61 Å². The lowest BCUT2D eigenvalue weighted by molar-refractivity contribution is -0.176. The van der Waals surface area contributed by atoms with Crippen molar-refractivity contribution in [2.24, 2.45) is 4.99 Å². The Labute approximate surface area is 157 Å². The molecule has 0 aliphatic carbocycles. The molecule has 0 amide bonds. The maximum absolute atomic E-state index is 12.1. The fraction of sp³-hybridized carbons (Fsp3) is 0.611. The molecule has 0 saturated carbocycles. The normalized spacial score (nSPS) is 18.9. The molecule has 1 atom stereocenters. The first-order valence-electron chi connectivity index (χ1n) is 8.70. The highest BCUT2D eigenvalue weighted by atomic mass is 32.2. The van der Waals surface area contributed by atoms with Crippen molar-refractivity contribution in [3.05, 3.63) is 35.4 Å². The van der Waals surface area contributed by atoms with Crippen LogP contribution in [0.5, 0.6) is 0 Å². The van der Waals surface area contributed by atoms with E-state index in [1.807, 2.05) is 23.9 Å². The zero-order valence-electron chi connectivity index (χ0n) is 15.2. The molecular weight excluding hydrogens is 363 g/mol. The number of ether oxygens (including phenoxy) is 1. The molecule has 1 aromatic carbocycles. The second kappa shape index (κ2) is 10.1. The van der Waals surface area contributed by atoms with Crippen molar-refractivity contribution in [1.29, 1.82) is 0 Å². The van der Waals surface area contributed by atoms with E-state index in [1.165, 1.54) is 0 Å². The number of alkyl halides is 3. The van der Waals surface area contributed by atoms with Gasteiger partial charge in [-0.2, -0.15) is 24.9 Å². The van der Waals surface area contributed by atoms with Crippen LogP contribution >= 0.6 is 11.8 Å². The van der Waals surface area contributed by atoms with Crippen LogP contribution in [0.2, 0.25) is 0 Å². The molecule has 26 heavy (non-hydrogen) atoms. The molecule has 1 heterocycles. The Morgan fingerprint density at radius 1 is 1.31 bits per heavy atom. The molecule has 1 aliphatic rings. The van der Waals surface area contributed by atoms with Gasteiger partial charge in [0.2, 0.25) is 0 Å². The van der Waals surface area contributed by atoms with Crippen molar-refractivity contribution in [3.63, 3.8) is 0 Å². The van der Waals surface area contributed by atoms with Gasteiger partial charge in [0.15, 0.2) is 5.96 Å². The highest BCUT2D eigenvalue weighted by Gasteiger charge is 2.27. The van der Waals surface area contributed by atoms with Gasteiger partial charge in [-0.3, -0.25) is 4.99 Å². The van der Waals surface area contributed by atoms with Gasteiger partial charge >= 0.3 is 6.18 Å². The summed E-state index contributed by atoms with van der Waals surface area (Å²) in [4.78, 5) is 6.65. The summed E-state index contributed by atoms with van der Waals surface area (Å²) in [7, 11) is 1.78. The zero-order valence-corrected chi connectivity index (χ0v) is 16.0. The SMILES string of the molecule is CCC1CN(C(=NC)NCc2ccc(COCC(F)(F)F)cc2)CCS1. The average Bonchev–Trinajstić information content (AvgIpc) is 2.62. The molecule has 1 fully saturated rings. The summed E-state index contributed by atoms with van der Waals surface area (Å²) in [6.45, 7) is 3.54. The van der Waals surface area contributed by atoms with E-state index in [0.29, 0.717) is 11.8 Å². The minimum Gasteiger partial charge on any atom is -0.367 e. The predicted octanol–water partition coefficient (Wildman–Crippen LogP) is 3.67. The number of nitrogens with zero attached hydrogens (tertiary/aromatic N) is 2. The van der Waals surface area contributed by atoms with Crippen LogP contribution < -0.4 is 5.32 Å². The van der Waals surface area contributed by atoms with Crippen molar-refractivity contribution < 1.29 is 17.9 Å². The summed E-state index contributed by atoms with van der Waals surface area (Å²) in [5.74, 6) is 1.99. The maximum atomic E-state index is 12.1. The summed E-state index contributed by atoms with van der Waals surface area (Å²) in [5.41, 5.74) is 1.77. The lowest BCUT2D eigenvalue weighted by Crippen LogP contribution is -2.47. The van der Waals surface area contributed by atoms with Gasteiger partial charge in [-0.25, -0.2) is 0 Å². The van der Waals surface area contributed by atoms with Crippen LogP contribution in [0.25, 0.3) is 0 Å². The molecule has 8 heteroatoms. The van der Waals surface area contributed by atoms with Gasteiger partial charge in [-0.05, 0) is 17.5 Å². The third-order valence-corrected chi connectivity index (χ3v) is 5.49. The fourth-order valence-corrected chi connectivity index (χ4v) is 3.89. The zero-order chi connectivity index (χ0) is 19.0. The smallest absolute Gasteiger partial charge is 0.367 e. The van der Waals surface area contributed by atoms with E-state index in [9.17, 15) is 13.2 Å². The Hall–Kier alpha value is -1.41. The van der Waals surface area contributed by atoms with Crippen molar-refractivity contribution >= 4 is 17.7 Å². The summed E-state index contributed by atoms with van der Waals surface area (Å²) in [6, 6.07) is 7.38. The molecule has 1 unspecified atom stereocenters. The molecule has 0 aromatic heterocycles. The second-order valence-electron chi connectivity index (χ2n) is 6.17. The molecule has 4 nitrogen and oxygen atoms in total. The van der Waals surface area contributed by atoms with Crippen LogP contribution in [0.4, 0.5) is 13.2 Å². The average molecular weight is 389 g/mol. The molecule has 0 spiro atoms. The number of aliphatic imine (C=N–C) groups is 1. The van der Waals surface area contributed by atoms with Gasteiger partial charge in [0, 0.05) is 37.7 Å². The number of benzene rings is 1. The first kappa shape index (κ1) is 20.9. The summed E-state index contributed by atoms with van der Waals surface area (Å²) in [5, 5.41) is 4.01. The van der Waals surface area contributed by atoms with E-state index in [-0.39, 0.29) is 6.61 Å². The monoisotopic (exact) mass is 389 g/mol. The molecule has 0 radical (unpaired) electrons. The van der Waals surface area contributed by atoms with E-state index in [2.05, 4.69) is 26.9 Å². The van der Waals surface area contributed by atoms with Gasteiger partial charge < -0.3 is 15.0 Å². The maximum Gasteiger partial charge on any atom is 0.411 e. The molecule has 1 saturated heterocycles. The number of thioether (sulfide) groups is 1. The lowest BCUT2D eigenvalue weighted by Gasteiger charge is -2.34. The van der Waals surface area contributed by atoms with Crippen LogP contribution in [0.3, 0.4) is 0 Å². The lowest BCUT2D eigenvalue weighted by atomic mass is 10.1. The number of hydrogen-bond acceptors (Lipinski definition) is 3. The molecule has 2 rings (SSSR count). The quantitative estimate of drug-likeness (QED) is 0.595. The Bertz CT molecular complexity index is 578. The van der Waals surface area contributed by atoms with Crippen molar-refractivity contribution in [2.75, 3.05) is 32.5 Å². The molecule has 1 N–H and O–H groups in total. The van der Waals surface area contributed by atoms with Crippen molar-refractivity contribution in [2.45, 2.75) is 37.9 Å². The van der Waals surface area contributed by atoms with Gasteiger partial charge in [-0.15, -0.1) is 0 Å². The topological polar surface area (TPSA) is 36.9 Å². The predicted molar refractivity (Wildman–Crippen MR) is 100 cm³/mol. The number of halogens is 3. The Morgan fingerprint density at radius 2 is 2.00 bits per heavy atom. The second-order valence-corrected chi connectivity index (χ2v) is 7.58. The highest BCUT2D eigenvalue weighted by molar-refractivity contribution is 8.00. The summed E-state index contributed by atoms with van der Waals surface area (Å²) >= 11 is 2.01. The van der Waals surface area contributed by atoms with E-state index < -0.39 is 12.8 Å². The number of guanidine groups is 1. The fourth-order valence-electron chi connectivity index (χ4n) is 2.71. The summed E-state index contributed by atoms with van der Waals surface area (Å²) < 4.78 is 40.9.